The summed E-state index contributed by atoms with van der Waals surface area (Å²) in [7, 11) is 0. The third-order valence-electron chi connectivity index (χ3n) is 2.25. The number of ether oxygens (including phenoxy) is 1. The Bertz CT molecular complexity index is 402. The summed E-state index contributed by atoms with van der Waals surface area (Å²) in [6.07, 6.45) is 1.12. The summed E-state index contributed by atoms with van der Waals surface area (Å²) in [6.45, 7) is 3.20. The van der Waals surface area contributed by atoms with E-state index in [0.717, 1.165) is 8.95 Å². The van der Waals surface area contributed by atoms with Gasteiger partial charge in [0, 0.05) is 28.6 Å². The molecule has 0 spiro atoms. The summed E-state index contributed by atoms with van der Waals surface area (Å²) in [6, 6.07) is 3.59. The first kappa shape index (κ1) is 15.5. The number of rotatable bonds is 6. The Hall–Kier alpha value is -0.590. The van der Waals surface area contributed by atoms with E-state index in [1.165, 1.54) is 0 Å². The normalized spacial score (nSPS) is 10.4. The van der Waals surface area contributed by atoms with Crippen molar-refractivity contribution < 1.29 is 9.53 Å². The molecule has 100 valence electrons. The van der Waals surface area contributed by atoms with E-state index in [2.05, 4.69) is 37.2 Å². The summed E-state index contributed by atoms with van der Waals surface area (Å²) < 4.78 is 6.80. The van der Waals surface area contributed by atoms with E-state index < -0.39 is 0 Å². The Kier molecular flexibility index (Phi) is 6.67. The lowest BCUT2D eigenvalue weighted by Gasteiger charge is -2.11. The number of amides is 1. The van der Waals surface area contributed by atoms with Crippen LogP contribution in [0.25, 0.3) is 0 Å². The van der Waals surface area contributed by atoms with Crippen molar-refractivity contribution in [3.63, 3.8) is 0 Å². The second-order valence-electron chi connectivity index (χ2n) is 3.70. The van der Waals surface area contributed by atoms with Crippen LogP contribution in [0.3, 0.4) is 0 Å². The van der Waals surface area contributed by atoms with Crippen LogP contribution in [0.4, 0.5) is 11.4 Å². The van der Waals surface area contributed by atoms with E-state index in [4.69, 9.17) is 10.5 Å². The Morgan fingerprint density at radius 1 is 1.44 bits per heavy atom. The molecular formula is C12H16Br2N2O2. The fourth-order valence-electron chi connectivity index (χ4n) is 1.41. The maximum atomic E-state index is 11.7. The van der Waals surface area contributed by atoms with Gasteiger partial charge in [-0.3, -0.25) is 4.79 Å². The highest BCUT2D eigenvalue weighted by Gasteiger charge is 2.09. The van der Waals surface area contributed by atoms with E-state index in [1.807, 2.05) is 13.0 Å². The molecule has 0 heterocycles. The molecule has 1 aromatic rings. The molecule has 1 amide bonds. The lowest BCUT2D eigenvalue weighted by atomic mass is 10.2. The highest BCUT2D eigenvalue weighted by Crippen LogP contribution is 2.32. The first-order chi connectivity index (χ1) is 8.54. The van der Waals surface area contributed by atoms with Crippen molar-refractivity contribution in [1.82, 2.24) is 0 Å². The van der Waals surface area contributed by atoms with Gasteiger partial charge in [0.25, 0.3) is 0 Å². The Morgan fingerprint density at radius 2 is 2.17 bits per heavy atom. The molecule has 1 rings (SSSR count). The molecule has 0 saturated carbocycles. The minimum absolute atomic E-state index is 0.0653. The van der Waals surface area contributed by atoms with Crippen molar-refractivity contribution in [2.75, 3.05) is 24.3 Å². The molecule has 0 atom stereocenters. The number of carbonyl (C=O) groups is 1. The van der Waals surface area contributed by atoms with Gasteiger partial charge in [0.2, 0.25) is 5.91 Å². The zero-order chi connectivity index (χ0) is 13.5. The summed E-state index contributed by atoms with van der Waals surface area (Å²) in [4.78, 5) is 11.7. The van der Waals surface area contributed by atoms with Crippen molar-refractivity contribution in [2.45, 2.75) is 19.8 Å². The Morgan fingerprint density at radius 3 is 2.78 bits per heavy atom. The van der Waals surface area contributed by atoms with E-state index in [0.29, 0.717) is 37.4 Å². The molecule has 0 aliphatic carbocycles. The SMILES string of the molecule is CCOCCCC(=O)Nc1c(N)cc(Br)cc1Br. The zero-order valence-electron chi connectivity index (χ0n) is 10.1. The van der Waals surface area contributed by atoms with Crippen LogP contribution >= 0.6 is 31.9 Å². The summed E-state index contributed by atoms with van der Waals surface area (Å²) >= 11 is 6.70. The average molecular weight is 380 g/mol. The maximum Gasteiger partial charge on any atom is 0.224 e. The van der Waals surface area contributed by atoms with E-state index in [9.17, 15) is 4.79 Å². The highest BCUT2D eigenvalue weighted by molar-refractivity contribution is 9.11. The van der Waals surface area contributed by atoms with Gasteiger partial charge in [-0.15, -0.1) is 0 Å². The molecule has 0 radical (unpaired) electrons. The molecule has 0 aromatic heterocycles. The number of anilines is 2. The summed E-state index contributed by atoms with van der Waals surface area (Å²) in [5.41, 5.74) is 6.98. The van der Waals surface area contributed by atoms with Crippen molar-refractivity contribution in [2.24, 2.45) is 0 Å². The van der Waals surface area contributed by atoms with Crippen LogP contribution in [0, 0.1) is 0 Å². The minimum Gasteiger partial charge on any atom is -0.397 e. The quantitative estimate of drug-likeness (QED) is 0.586. The predicted octanol–water partition coefficient (Wildman–Crippen LogP) is 3.55. The molecule has 0 saturated heterocycles. The number of hydrogen-bond acceptors (Lipinski definition) is 3. The molecule has 0 aliphatic rings. The van der Waals surface area contributed by atoms with Gasteiger partial charge in [0.1, 0.15) is 0 Å². The largest absolute Gasteiger partial charge is 0.397 e. The van der Waals surface area contributed by atoms with Gasteiger partial charge in [-0.05, 0) is 41.4 Å². The van der Waals surface area contributed by atoms with Crippen molar-refractivity contribution in [3.05, 3.63) is 21.1 Å². The highest BCUT2D eigenvalue weighted by atomic mass is 79.9. The Balaban J connectivity index is 2.54. The van der Waals surface area contributed by atoms with Crippen LogP contribution in [0.5, 0.6) is 0 Å². The second-order valence-corrected chi connectivity index (χ2v) is 5.47. The van der Waals surface area contributed by atoms with Crippen LogP contribution < -0.4 is 11.1 Å². The number of hydrogen-bond donors (Lipinski definition) is 2. The molecular weight excluding hydrogens is 364 g/mol. The van der Waals surface area contributed by atoms with E-state index in [-0.39, 0.29) is 5.91 Å². The van der Waals surface area contributed by atoms with Gasteiger partial charge in [-0.2, -0.15) is 0 Å². The van der Waals surface area contributed by atoms with Gasteiger partial charge in [-0.1, -0.05) is 15.9 Å². The first-order valence-corrected chi connectivity index (χ1v) is 7.25. The molecule has 4 nitrogen and oxygen atoms in total. The third kappa shape index (κ3) is 4.96. The average Bonchev–Trinajstić information content (AvgIpc) is 2.29. The van der Waals surface area contributed by atoms with Gasteiger partial charge >= 0.3 is 0 Å². The van der Waals surface area contributed by atoms with Crippen LogP contribution in [0.1, 0.15) is 19.8 Å². The van der Waals surface area contributed by atoms with Crippen molar-refractivity contribution in [3.8, 4) is 0 Å². The lowest BCUT2D eigenvalue weighted by Crippen LogP contribution is -2.14. The monoisotopic (exact) mass is 378 g/mol. The molecule has 1 aromatic carbocycles. The summed E-state index contributed by atoms with van der Waals surface area (Å²) in [5, 5.41) is 2.80. The molecule has 0 aliphatic heterocycles. The van der Waals surface area contributed by atoms with E-state index in [1.54, 1.807) is 6.07 Å². The number of nitrogen functional groups attached to an aromatic ring is 1. The van der Waals surface area contributed by atoms with Gasteiger partial charge in [0.15, 0.2) is 0 Å². The third-order valence-corrected chi connectivity index (χ3v) is 3.33. The van der Waals surface area contributed by atoms with Gasteiger partial charge in [0.05, 0.1) is 11.4 Å². The summed E-state index contributed by atoms with van der Waals surface area (Å²) in [5.74, 6) is -0.0653. The molecule has 3 N–H and O–H groups in total. The van der Waals surface area contributed by atoms with Crippen LogP contribution in [-0.2, 0) is 9.53 Å². The fourth-order valence-corrected chi connectivity index (χ4v) is 2.76. The number of nitrogens with one attached hydrogen (secondary N) is 1. The predicted molar refractivity (Wildman–Crippen MR) is 80.6 cm³/mol. The smallest absolute Gasteiger partial charge is 0.224 e. The number of benzene rings is 1. The molecule has 18 heavy (non-hydrogen) atoms. The molecule has 0 fully saturated rings. The fraction of sp³-hybridized carbons (Fsp3) is 0.417. The number of carbonyl (C=O) groups excluding carboxylic acids is 1. The molecule has 6 heteroatoms. The van der Waals surface area contributed by atoms with Gasteiger partial charge < -0.3 is 15.8 Å². The molecule has 0 bridgehead atoms. The topological polar surface area (TPSA) is 64.3 Å². The number of nitrogens with two attached hydrogens (primary N) is 1. The Labute approximate surface area is 124 Å². The lowest BCUT2D eigenvalue weighted by molar-refractivity contribution is -0.116. The zero-order valence-corrected chi connectivity index (χ0v) is 13.3. The second kappa shape index (κ2) is 7.76. The van der Waals surface area contributed by atoms with Crippen LogP contribution in [0.2, 0.25) is 0 Å². The van der Waals surface area contributed by atoms with Crippen molar-refractivity contribution in [1.29, 1.82) is 0 Å². The van der Waals surface area contributed by atoms with Crippen molar-refractivity contribution >= 4 is 49.1 Å². The van der Waals surface area contributed by atoms with Gasteiger partial charge in [-0.25, -0.2) is 0 Å². The van der Waals surface area contributed by atoms with E-state index >= 15 is 0 Å². The minimum atomic E-state index is -0.0653. The van der Waals surface area contributed by atoms with Crippen LogP contribution in [0.15, 0.2) is 21.1 Å². The van der Waals surface area contributed by atoms with Crippen LogP contribution in [-0.4, -0.2) is 19.1 Å². The number of halogens is 2. The maximum absolute atomic E-state index is 11.7. The first-order valence-electron chi connectivity index (χ1n) is 5.66. The standard InChI is InChI=1S/C12H16Br2N2O2/c1-2-18-5-3-4-11(17)16-12-9(14)6-8(13)7-10(12)15/h6-7H,2-5,15H2,1H3,(H,16,17). The molecule has 0 unspecified atom stereocenters.